The van der Waals surface area contributed by atoms with Crippen LogP contribution in [0.1, 0.15) is 27.0 Å². The molecule has 2 aromatic carbocycles. The minimum absolute atomic E-state index is 0.0454. The van der Waals surface area contributed by atoms with Crippen molar-refractivity contribution in [3.63, 3.8) is 0 Å². The molecule has 1 aliphatic rings. The highest BCUT2D eigenvalue weighted by atomic mass is 16.7. The van der Waals surface area contributed by atoms with E-state index in [1.165, 1.54) is 10.5 Å². The van der Waals surface area contributed by atoms with Crippen LogP contribution in [0.2, 0.25) is 0 Å². The number of amides is 1. The van der Waals surface area contributed by atoms with Gasteiger partial charge in [0.1, 0.15) is 16.8 Å². The summed E-state index contributed by atoms with van der Waals surface area (Å²) in [5.41, 5.74) is 3.10. The summed E-state index contributed by atoms with van der Waals surface area (Å²) in [6.45, 7) is 2.53. The first-order chi connectivity index (χ1) is 20.4. The van der Waals surface area contributed by atoms with Gasteiger partial charge in [0.15, 0.2) is 23.0 Å². The summed E-state index contributed by atoms with van der Waals surface area (Å²) in [6, 6.07) is 16.2. The van der Waals surface area contributed by atoms with Crippen molar-refractivity contribution in [3.8, 4) is 23.0 Å². The third-order valence-electron chi connectivity index (χ3n) is 7.34. The molecule has 4 heterocycles. The zero-order valence-corrected chi connectivity index (χ0v) is 23.4. The van der Waals surface area contributed by atoms with Gasteiger partial charge in [-0.3, -0.25) is 19.4 Å². The number of nitrogens with one attached hydrogen (secondary N) is 2. The molecule has 1 amide bonds. The van der Waals surface area contributed by atoms with Crippen molar-refractivity contribution in [1.29, 1.82) is 5.41 Å². The minimum Gasteiger partial charge on any atom is -0.493 e. The molecule has 0 radical (unpaired) electrons. The van der Waals surface area contributed by atoms with Crippen molar-refractivity contribution >= 4 is 22.6 Å². The summed E-state index contributed by atoms with van der Waals surface area (Å²) in [5, 5.41) is 12.2. The number of hydrogen-bond acceptors (Lipinski definition) is 8. The zero-order chi connectivity index (χ0) is 29.4. The van der Waals surface area contributed by atoms with Crippen LogP contribution in [0, 0.1) is 12.3 Å². The van der Waals surface area contributed by atoms with E-state index in [2.05, 4.69) is 5.32 Å². The van der Waals surface area contributed by atoms with Crippen LogP contribution in [-0.2, 0) is 19.5 Å². The number of hydrogen-bond donors (Lipinski definition) is 2. The molecule has 1 aliphatic heterocycles. The van der Waals surface area contributed by atoms with Crippen molar-refractivity contribution in [2.24, 2.45) is 0 Å². The van der Waals surface area contributed by atoms with E-state index in [1.807, 2.05) is 37.3 Å². The lowest BCUT2D eigenvalue weighted by atomic mass is 10.1. The Hall–Kier alpha value is -5.32. The molecule has 0 fully saturated rings. The highest BCUT2D eigenvalue weighted by Crippen LogP contribution is 2.32. The summed E-state index contributed by atoms with van der Waals surface area (Å²) in [5.74, 6) is 1.99. The molecule has 0 saturated heterocycles. The largest absolute Gasteiger partial charge is 0.493 e. The second-order valence-corrected chi connectivity index (χ2v) is 9.91. The van der Waals surface area contributed by atoms with Crippen molar-refractivity contribution in [1.82, 2.24) is 19.3 Å². The highest BCUT2D eigenvalue weighted by Gasteiger charge is 2.19. The van der Waals surface area contributed by atoms with Crippen LogP contribution >= 0.6 is 0 Å². The molecular formula is C31H29N5O6. The minimum atomic E-state index is -0.479. The molecule has 0 bridgehead atoms. The Morgan fingerprint density at radius 3 is 2.60 bits per heavy atom. The van der Waals surface area contributed by atoms with E-state index < -0.39 is 5.91 Å². The van der Waals surface area contributed by atoms with Gasteiger partial charge in [0, 0.05) is 19.3 Å². The number of benzene rings is 2. The summed E-state index contributed by atoms with van der Waals surface area (Å²) < 4.78 is 24.7. The lowest BCUT2D eigenvalue weighted by Gasteiger charge is -2.16. The topological polar surface area (TPSA) is 129 Å². The van der Waals surface area contributed by atoms with Gasteiger partial charge in [0.05, 0.1) is 25.2 Å². The van der Waals surface area contributed by atoms with Crippen LogP contribution in [-0.4, -0.2) is 40.9 Å². The number of aryl methyl sites for hydroxylation is 3. The molecule has 2 N–H and O–H groups in total. The van der Waals surface area contributed by atoms with Gasteiger partial charge in [-0.1, -0.05) is 18.2 Å². The summed E-state index contributed by atoms with van der Waals surface area (Å²) in [7, 11) is 3.15. The van der Waals surface area contributed by atoms with E-state index in [1.54, 1.807) is 43.2 Å². The number of fused-ring (bicyclic) bond motifs is 3. The Morgan fingerprint density at radius 1 is 1.00 bits per heavy atom. The quantitative estimate of drug-likeness (QED) is 0.275. The summed E-state index contributed by atoms with van der Waals surface area (Å²) >= 11 is 0. The van der Waals surface area contributed by atoms with Crippen LogP contribution in [0.25, 0.3) is 16.7 Å². The molecule has 0 unspecified atom stereocenters. The third kappa shape index (κ3) is 4.78. The fraction of sp³-hybridized carbons (Fsp3) is 0.226. The summed E-state index contributed by atoms with van der Waals surface area (Å²) in [4.78, 5) is 31.9. The van der Waals surface area contributed by atoms with Crippen molar-refractivity contribution in [3.05, 3.63) is 98.9 Å². The SMILES string of the molecule is COc1ccc(CCn2c(=N)c(C(=O)NCc3ccc4c(c3)OCO4)cc3c(=O)n4cccc(C)c4nc32)cc1OC. The number of carbonyl (C=O) groups is 1. The molecule has 3 aromatic heterocycles. The number of carbonyl (C=O) groups excluding carboxylic acids is 1. The van der Waals surface area contributed by atoms with Gasteiger partial charge in [0.25, 0.3) is 11.5 Å². The van der Waals surface area contributed by atoms with Gasteiger partial charge in [-0.05, 0) is 66.4 Å². The second kappa shape index (κ2) is 10.9. The average molecular weight is 568 g/mol. The molecule has 0 aliphatic carbocycles. The van der Waals surface area contributed by atoms with Crippen LogP contribution in [0.5, 0.6) is 23.0 Å². The normalized spacial score (nSPS) is 12.1. The van der Waals surface area contributed by atoms with Gasteiger partial charge in [-0.15, -0.1) is 0 Å². The Balaban J connectivity index is 1.40. The van der Waals surface area contributed by atoms with E-state index in [4.69, 9.17) is 29.3 Å². The monoisotopic (exact) mass is 567 g/mol. The Morgan fingerprint density at radius 2 is 1.79 bits per heavy atom. The Kier molecular flexibility index (Phi) is 6.99. The van der Waals surface area contributed by atoms with Gasteiger partial charge in [0.2, 0.25) is 6.79 Å². The number of rotatable bonds is 8. The van der Waals surface area contributed by atoms with E-state index in [-0.39, 0.29) is 35.3 Å². The second-order valence-electron chi connectivity index (χ2n) is 9.91. The van der Waals surface area contributed by atoms with E-state index >= 15 is 0 Å². The number of ether oxygens (including phenoxy) is 4. The van der Waals surface area contributed by atoms with Gasteiger partial charge in [-0.2, -0.15) is 0 Å². The molecule has 0 saturated carbocycles. The fourth-order valence-electron chi connectivity index (χ4n) is 5.09. The van der Waals surface area contributed by atoms with Gasteiger partial charge < -0.3 is 28.8 Å². The maximum absolute atomic E-state index is 13.7. The molecule has 214 valence electrons. The van der Waals surface area contributed by atoms with E-state index in [0.717, 1.165) is 16.7 Å². The molecule has 6 rings (SSSR count). The van der Waals surface area contributed by atoms with Crippen molar-refractivity contribution < 1.29 is 23.7 Å². The number of nitrogens with zero attached hydrogens (tertiary/aromatic N) is 3. The van der Waals surface area contributed by atoms with Crippen LogP contribution in [0.4, 0.5) is 0 Å². The number of methoxy groups -OCH3 is 2. The first kappa shape index (κ1) is 26.9. The van der Waals surface area contributed by atoms with Crippen molar-refractivity contribution in [2.75, 3.05) is 21.0 Å². The molecule has 0 atom stereocenters. The summed E-state index contributed by atoms with van der Waals surface area (Å²) in [6.07, 6.45) is 2.14. The number of aromatic nitrogens is 3. The maximum atomic E-state index is 13.7. The Labute approximate surface area is 240 Å². The maximum Gasteiger partial charge on any atom is 0.267 e. The smallest absolute Gasteiger partial charge is 0.267 e. The van der Waals surface area contributed by atoms with E-state index in [9.17, 15) is 9.59 Å². The molecule has 5 aromatic rings. The van der Waals surface area contributed by atoms with Crippen LogP contribution in [0.3, 0.4) is 0 Å². The fourth-order valence-corrected chi connectivity index (χ4v) is 5.09. The standard InChI is InChI=1S/C31H29N5O6/c1-18-5-4-11-36-28(18)34-29-22(31(36)38)15-21(30(37)33-16-20-7-9-24-26(14-20)42-17-41-24)27(32)35(29)12-10-19-6-8-23(39-2)25(13-19)40-3/h4-9,11,13-15,32H,10,12,16-17H2,1-3H3,(H,33,37). The van der Waals surface area contributed by atoms with Crippen LogP contribution < -0.4 is 35.3 Å². The number of pyridine rings is 2. The van der Waals surface area contributed by atoms with Crippen molar-refractivity contribution in [2.45, 2.75) is 26.4 Å². The lowest BCUT2D eigenvalue weighted by Crippen LogP contribution is -2.35. The predicted octanol–water partition coefficient (Wildman–Crippen LogP) is 3.36. The molecule has 11 nitrogen and oxygen atoms in total. The lowest BCUT2D eigenvalue weighted by molar-refractivity contribution is 0.0948. The van der Waals surface area contributed by atoms with Gasteiger partial charge in [-0.25, -0.2) is 4.98 Å². The average Bonchev–Trinajstić information content (AvgIpc) is 3.48. The Bertz CT molecular complexity index is 1980. The first-order valence-corrected chi connectivity index (χ1v) is 13.4. The molecular weight excluding hydrogens is 538 g/mol. The zero-order valence-electron chi connectivity index (χ0n) is 23.4. The molecule has 11 heteroatoms. The third-order valence-corrected chi connectivity index (χ3v) is 7.34. The van der Waals surface area contributed by atoms with Gasteiger partial charge >= 0.3 is 0 Å². The molecule has 42 heavy (non-hydrogen) atoms. The van der Waals surface area contributed by atoms with Crippen LogP contribution in [0.15, 0.2) is 65.6 Å². The predicted molar refractivity (Wildman–Crippen MR) is 155 cm³/mol. The first-order valence-electron chi connectivity index (χ1n) is 13.4. The van der Waals surface area contributed by atoms with E-state index in [0.29, 0.717) is 47.3 Å². The highest BCUT2D eigenvalue weighted by molar-refractivity contribution is 5.96. The molecule has 0 spiro atoms.